The molecule has 1 rings (SSSR count). The Balaban J connectivity index is 2.56. The summed E-state index contributed by atoms with van der Waals surface area (Å²) in [4.78, 5) is 12.0. The van der Waals surface area contributed by atoms with E-state index in [1.807, 2.05) is 37.3 Å². The monoisotopic (exact) mass is 349 g/mol. The number of nitrogens with one attached hydrogen (secondary N) is 1. The molecule has 0 saturated carbocycles. The van der Waals surface area contributed by atoms with Gasteiger partial charge in [0.25, 0.3) is 0 Å². The van der Waals surface area contributed by atoms with Crippen molar-refractivity contribution in [2.45, 2.75) is 64.6 Å². The molecule has 0 radical (unpaired) electrons. The summed E-state index contributed by atoms with van der Waals surface area (Å²) >= 11 is 0. The third-order valence-electron chi connectivity index (χ3n) is 4.52. The van der Waals surface area contributed by atoms with E-state index in [0.717, 1.165) is 5.56 Å². The van der Waals surface area contributed by atoms with Crippen LogP contribution in [0.5, 0.6) is 0 Å². The molecular formula is C19H31NO3Si. The van der Waals surface area contributed by atoms with E-state index in [1.165, 1.54) is 0 Å². The molecule has 4 nitrogen and oxygen atoms in total. The number of hydrogen-bond donors (Lipinski definition) is 1. The van der Waals surface area contributed by atoms with E-state index in [-0.39, 0.29) is 23.8 Å². The molecule has 1 amide bonds. The van der Waals surface area contributed by atoms with Crippen LogP contribution in [-0.4, -0.2) is 26.6 Å². The molecule has 0 aliphatic carbocycles. The van der Waals surface area contributed by atoms with Crippen LogP contribution in [0.1, 0.15) is 33.3 Å². The number of benzene rings is 1. The molecule has 1 unspecified atom stereocenters. The van der Waals surface area contributed by atoms with Crippen molar-refractivity contribution in [3.63, 3.8) is 0 Å². The van der Waals surface area contributed by atoms with E-state index in [1.54, 1.807) is 6.08 Å². The lowest BCUT2D eigenvalue weighted by Gasteiger charge is -2.40. The normalized spacial score (nSPS) is 14.6. The zero-order valence-corrected chi connectivity index (χ0v) is 16.8. The Hall–Kier alpha value is -1.59. The van der Waals surface area contributed by atoms with Crippen LogP contribution in [0, 0.1) is 0 Å². The predicted octanol–water partition coefficient (Wildman–Crippen LogP) is 4.88. The first-order chi connectivity index (χ1) is 11.1. The zero-order chi connectivity index (χ0) is 18.4. The van der Waals surface area contributed by atoms with Gasteiger partial charge in [0.05, 0.1) is 12.1 Å². The fraction of sp³-hybridized carbons (Fsp3) is 0.526. The SMILES string of the molecule is C=C[C@H](O[Si](C)(C)C(C)(C)C)C(C)NC(=O)OCc1ccccc1. The smallest absolute Gasteiger partial charge is 0.407 e. The number of amides is 1. The number of rotatable bonds is 7. The molecule has 0 bridgehead atoms. The number of carbonyl (C=O) groups excluding carboxylic acids is 1. The highest BCUT2D eigenvalue weighted by molar-refractivity contribution is 6.74. The molecule has 0 aromatic heterocycles. The van der Waals surface area contributed by atoms with Gasteiger partial charge in [0.2, 0.25) is 0 Å². The van der Waals surface area contributed by atoms with Crippen LogP contribution in [-0.2, 0) is 15.8 Å². The molecule has 0 spiro atoms. The maximum atomic E-state index is 12.0. The van der Waals surface area contributed by atoms with Crippen LogP contribution < -0.4 is 5.32 Å². The zero-order valence-electron chi connectivity index (χ0n) is 15.8. The lowest BCUT2D eigenvalue weighted by molar-refractivity contribution is 0.123. The van der Waals surface area contributed by atoms with Crippen molar-refractivity contribution in [1.82, 2.24) is 5.32 Å². The third kappa shape index (κ3) is 6.13. The number of carbonyl (C=O) groups is 1. The lowest BCUT2D eigenvalue weighted by atomic mass is 10.2. The molecule has 24 heavy (non-hydrogen) atoms. The first-order valence-corrected chi connectivity index (χ1v) is 11.3. The fourth-order valence-electron chi connectivity index (χ4n) is 1.90. The second kappa shape index (κ2) is 8.49. The van der Waals surface area contributed by atoms with Gasteiger partial charge >= 0.3 is 6.09 Å². The maximum Gasteiger partial charge on any atom is 0.407 e. The van der Waals surface area contributed by atoms with Gasteiger partial charge in [-0.3, -0.25) is 0 Å². The van der Waals surface area contributed by atoms with E-state index >= 15 is 0 Å². The van der Waals surface area contributed by atoms with Crippen molar-refractivity contribution in [2.24, 2.45) is 0 Å². The Morgan fingerprint density at radius 1 is 1.29 bits per heavy atom. The summed E-state index contributed by atoms with van der Waals surface area (Å²) in [6, 6.07) is 9.39. The van der Waals surface area contributed by atoms with Crippen LogP contribution in [0.15, 0.2) is 43.0 Å². The Bertz CT molecular complexity index is 537. The highest BCUT2D eigenvalue weighted by Gasteiger charge is 2.39. The highest BCUT2D eigenvalue weighted by Crippen LogP contribution is 2.37. The molecule has 0 heterocycles. The average Bonchev–Trinajstić information content (AvgIpc) is 2.50. The number of alkyl carbamates (subject to hydrolysis) is 1. The number of hydrogen-bond acceptors (Lipinski definition) is 3. The summed E-state index contributed by atoms with van der Waals surface area (Å²) in [6.07, 6.45) is 1.06. The van der Waals surface area contributed by atoms with Crippen molar-refractivity contribution in [1.29, 1.82) is 0 Å². The maximum absolute atomic E-state index is 12.0. The van der Waals surface area contributed by atoms with Gasteiger partial charge in [-0.05, 0) is 30.6 Å². The van der Waals surface area contributed by atoms with Crippen LogP contribution in [0.3, 0.4) is 0 Å². The van der Waals surface area contributed by atoms with E-state index in [2.05, 4.69) is 45.8 Å². The molecular weight excluding hydrogens is 318 g/mol. The van der Waals surface area contributed by atoms with Crippen molar-refractivity contribution < 1.29 is 14.0 Å². The van der Waals surface area contributed by atoms with Gasteiger partial charge in [0.15, 0.2) is 8.32 Å². The predicted molar refractivity (Wildman–Crippen MR) is 101 cm³/mol. The molecule has 5 heteroatoms. The quantitative estimate of drug-likeness (QED) is 0.564. The topological polar surface area (TPSA) is 47.6 Å². The van der Waals surface area contributed by atoms with Crippen molar-refractivity contribution in [2.75, 3.05) is 0 Å². The van der Waals surface area contributed by atoms with Gasteiger partial charge in [-0.2, -0.15) is 0 Å². The van der Waals surface area contributed by atoms with Gasteiger partial charge in [0.1, 0.15) is 6.61 Å². The largest absolute Gasteiger partial charge is 0.445 e. The summed E-state index contributed by atoms with van der Waals surface area (Å²) in [7, 11) is -1.94. The molecule has 0 aliphatic rings. The molecule has 2 atom stereocenters. The molecule has 0 saturated heterocycles. The first kappa shape index (κ1) is 20.5. The van der Waals surface area contributed by atoms with Crippen LogP contribution in [0.4, 0.5) is 4.79 Å². The molecule has 134 valence electrons. The summed E-state index contributed by atoms with van der Waals surface area (Å²) < 4.78 is 11.6. The molecule has 1 aromatic rings. The van der Waals surface area contributed by atoms with E-state index in [4.69, 9.17) is 9.16 Å². The van der Waals surface area contributed by atoms with Gasteiger partial charge in [-0.25, -0.2) is 4.79 Å². The third-order valence-corrected chi connectivity index (χ3v) is 8.99. The standard InChI is InChI=1S/C19H31NO3Si/c1-8-17(23-24(6,7)19(3,4)5)15(2)20-18(21)22-14-16-12-10-9-11-13-16/h8-13,15,17H,1,14H2,2-7H3,(H,20,21)/t15?,17-/m0/s1. The average molecular weight is 350 g/mol. The minimum Gasteiger partial charge on any atom is -0.445 e. The number of ether oxygens (including phenoxy) is 1. The lowest BCUT2D eigenvalue weighted by Crippen LogP contribution is -2.50. The highest BCUT2D eigenvalue weighted by atomic mass is 28.4. The first-order valence-electron chi connectivity index (χ1n) is 8.34. The molecule has 0 fully saturated rings. The van der Waals surface area contributed by atoms with Gasteiger partial charge in [-0.1, -0.05) is 57.2 Å². The summed E-state index contributed by atoms with van der Waals surface area (Å²) in [5.74, 6) is 0. The molecule has 1 aromatic carbocycles. The summed E-state index contributed by atoms with van der Waals surface area (Å²) in [5, 5.41) is 2.94. The van der Waals surface area contributed by atoms with Crippen molar-refractivity contribution in [3.05, 3.63) is 48.6 Å². The van der Waals surface area contributed by atoms with Crippen LogP contribution >= 0.6 is 0 Å². The minimum absolute atomic E-state index is 0.0990. The molecule has 0 aliphatic heterocycles. The van der Waals surface area contributed by atoms with Gasteiger partial charge < -0.3 is 14.5 Å². The Labute approximate surface area is 147 Å². The van der Waals surface area contributed by atoms with Gasteiger partial charge in [0, 0.05) is 0 Å². The second-order valence-electron chi connectivity index (χ2n) is 7.57. The fourth-order valence-corrected chi connectivity index (χ4v) is 3.24. The second-order valence-corrected chi connectivity index (χ2v) is 12.3. The summed E-state index contributed by atoms with van der Waals surface area (Å²) in [5.41, 5.74) is 0.957. The van der Waals surface area contributed by atoms with Crippen LogP contribution in [0.25, 0.3) is 0 Å². The molecule has 1 N–H and O–H groups in total. The van der Waals surface area contributed by atoms with Crippen LogP contribution in [0.2, 0.25) is 18.1 Å². The Kier molecular flexibility index (Phi) is 7.23. The minimum atomic E-state index is -1.94. The van der Waals surface area contributed by atoms with Gasteiger partial charge in [-0.15, -0.1) is 6.58 Å². The van der Waals surface area contributed by atoms with Crippen molar-refractivity contribution in [3.8, 4) is 0 Å². The van der Waals surface area contributed by atoms with E-state index < -0.39 is 14.4 Å². The summed E-state index contributed by atoms with van der Waals surface area (Å²) in [6.45, 7) is 16.9. The Morgan fingerprint density at radius 2 is 1.88 bits per heavy atom. The Morgan fingerprint density at radius 3 is 2.38 bits per heavy atom. The van der Waals surface area contributed by atoms with E-state index in [9.17, 15) is 4.79 Å². The van der Waals surface area contributed by atoms with E-state index in [0.29, 0.717) is 0 Å². The van der Waals surface area contributed by atoms with Crippen molar-refractivity contribution >= 4 is 14.4 Å².